The molecule has 0 aliphatic heterocycles. The summed E-state index contributed by atoms with van der Waals surface area (Å²) < 4.78 is 16.9. The maximum Gasteiger partial charge on any atom is 0.306 e. The van der Waals surface area contributed by atoms with E-state index >= 15 is 0 Å². The zero-order valence-corrected chi connectivity index (χ0v) is 48.8. The van der Waals surface area contributed by atoms with Crippen LogP contribution in [0.25, 0.3) is 0 Å². The number of allylic oxidation sites excluding steroid dienone is 14. The van der Waals surface area contributed by atoms with Gasteiger partial charge in [-0.05, 0) is 116 Å². The third kappa shape index (κ3) is 59.5. The fraction of sp³-hybridized carbons (Fsp3) is 0.750. The summed E-state index contributed by atoms with van der Waals surface area (Å²) >= 11 is 0. The monoisotopic (exact) mass is 1030 g/mol. The van der Waals surface area contributed by atoms with E-state index in [0.29, 0.717) is 19.3 Å². The predicted octanol–water partition coefficient (Wildman–Crippen LogP) is 21.5. The Balaban J connectivity index is 4.42. The van der Waals surface area contributed by atoms with Gasteiger partial charge in [-0.25, -0.2) is 0 Å². The van der Waals surface area contributed by atoms with E-state index in [1.165, 1.54) is 167 Å². The van der Waals surface area contributed by atoms with Gasteiger partial charge in [0.15, 0.2) is 6.10 Å². The smallest absolute Gasteiger partial charge is 0.306 e. The number of ether oxygens (including phenoxy) is 3. The van der Waals surface area contributed by atoms with E-state index < -0.39 is 6.10 Å². The summed E-state index contributed by atoms with van der Waals surface area (Å²) in [6.07, 6.45) is 81.5. The Hall–Kier alpha value is -3.41. The number of carbonyl (C=O) groups is 3. The third-order valence-electron chi connectivity index (χ3n) is 13.6. The molecule has 0 N–H and O–H groups in total. The topological polar surface area (TPSA) is 78.9 Å². The van der Waals surface area contributed by atoms with Crippen LogP contribution >= 0.6 is 0 Å². The molecule has 0 aromatic heterocycles. The molecule has 0 amide bonds. The first-order valence-electron chi connectivity index (χ1n) is 31.6. The van der Waals surface area contributed by atoms with Gasteiger partial charge in [-0.15, -0.1) is 0 Å². The molecule has 0 aromatic rings. The lowest BCUT2D eigenvalue weighted by Gasteiger charge is -2.18. The predicted molar refractivity (Wildman–Crippen MR) is 321 cm³/mol. The van der Waals surface area contributed by atoms with Crippen LogP contribution < -0.4 is 0 Å². The van der Waals surface area contributed by atoms with E-state index in [-0.39, 0.29) is 31.1 Å². The van der Waals surface area contributed by atoms with Crippen LogP contribution in [0.15, 0.2) is 85.1 Å². The van der Waals surface area contributed by atoms with Crippen molar-refractivity contribution in [2.45, 2.75) is 316 Å². The molecule has 0 bridgehead atoms. The minimum atomic E-state index is -0.791. The Morgan fingerprint density at radius 1 is 0.284 bits per heavy atom. The van der Waals surface area contributed by atoms with Gasteiger partial charge in [-0.1, -0.05) is 260 Å². The number of hydrogen-bond acceptors (Lipinski definition) is 6. The largest absolute Gasteiger partial charge is 0.462 e. The highest BCUT2D eigenvalue weighted by Gasteiger charge is 2.19. The van der Waals surface area contributed by atoms with Gasteiger partial charge in [0.25, 0.3) is 0 Å². The van der Waals surface area contributed by atoms with Crippen LogP contribution in [0.1, 0.15) is 310 Å². The van der Waals surface area contributed by atoms with Crippen molar-refractivity contribution >= 4 is 17.9 Å². The standard InChI is InChI=1S/C68H118O6/c1-4-7-10-13-16-19-22-25-28-31-33-34-35-38-40-43-46-49-52-55-58-61-67(70)73-64-65(63-72-66(69)60-57-54-51-48-45-42-39-36-30-27-24-21-18-15-12-9-6-3)74-68(71)62-59-56-53-50-47-44-41-37-32-29-26-23-20-17-14-11-8-5-2/h9,12,18,21-22,25,27,29-33,35,38,65H,4-8,10-11,13-17,19-20,23-24,26,28,34,36-37,39-64H2,1-3H3/b12-9-,21-18-,25-22-,30-27-,32-29-,33-31-,38-35-. The Morgan fingerprint density at radius 3 is 0.838 bits per heavy atom. The van der Waals surface area contributed by atoms with Gasteiger partial charge in [0.2, 0.25) is 0 Å². The lowest BCUT2D eigenvalue weighted by Crippen LogP contribution is -2.30. The molecule has 0 spiro atoms. The second-order valence-electron chi connectivity index (χ2n) is 20.9. The number of rotatable bonds is 57. The van der Waals surface area contributed by atoms with E-state index in [1.54, 1.807) is 0 Å². The van der Waals surface area contributed by atoms with Crippen molar-refractivity contribution in [2.75, 3.05) is 13.2 Å². The van der Waals surface area contributed by atoms with E-state index in [0.717, 1.165) is 103 Å². The van der Waals surface area contributed by atoms with Gasteiger partial charge in [0.1, 0.15) is 13.2 Å². The number of hydrogen-bond donors (Lipinski definition) is 0. The SMILES string of the molecule is CC/C=C\C/C=C\C/C=C\CCCCCCCCCC(=O)OCC(COC(=O)CCCCCCCC/C=C\C/C=C\C/C=C\CCCCCCC)OC(=O)CCCCCCCCC/C=C\CCCCCCCCC. The van der Waals surface area contributed by atoms with Crippen molar-refractivity contribution in [2.24, 2.45) is 0 Å². The molecular weight excluding hydrogens is 913 g/mol. The van der Waals surface area contributed by atoms with Crippen molar-refractivity contribution in [1.82, 2.24) is 0 Å². The highest BCUT2D eigenvalue weighted by Crippen LogP contribution is 2.15. The number of esters is 3. The molecule has 6 nitrogen and oxygen atoms in total. The molecule has 0 aromatic carbocycles. The number of unbranched alkanes of at least 4 members (excludes halogenated alkanes) is 32. The van der Waals surface area contributed by atoms with Gasteiger partial charge in [-0.3, -0.25) is 14.4 Å². The van der Waals surface area contributed by atoms with E-state index in [9.17, 15) is 14.4 Å². The first-order chi connectivity index (χ1) is 36.5. The molecule has 0 saturated carbocycles. The first kappa shape index (κ1) is 70.6. The van der Waals surface area contributed by atoms with Gasteiger partial charge in [0, 0.05) is 19.3 Å². The van der Waals surface area contributed by atoms with Crippen LogP contribution in [0.5, 0.6) is 0 Å². The van der Waals surface area contributed by atoms with E-state index in [4.69, 9.17) is 14.2 Å². The second-order valence-corrected chi connectivity index (χ2v) is 20.9. The highest BCUT2D eigenvalue weighted by atomic mass is 16.6. The van der Waals surface area contributed by atoms with Gasteiger partial charge in [0.05, 0.1) is 0 Å². The molecule has 6 heteroatoms. The molecule has 426 valence electrons. The van der Waals surface area contributed by atoms with Crippen molar-refractivity contribution in [3.05, 3.63) is 85.1 Å². The average Bonchev–Trinajstić information content (AvgIpc) is 3.40. The first-order valence-corrected chi connectivity index (χ1v) is 31.6. The summed E-state index contributed by atoms with van der Waals surface area (Å²) in [5.41, 5.74) is 0. The molecule has 0 aliphatic carbocycles. The molecule has 0 heterocycles. The van der Waals surface area contributed by atoms with Crippen molar-refractivity contribution < 1.29 is 28.6 Å². The summed E-state index contributed by atoms with van der Waals surface area (Å²) in [6, 6.07) is 0. The maximum absolute atomic E-state index is 12.9. The summed E-state index contributed by atoms with van der Waals surface area (Å²) in [6.45, 7) is 6.52. The molecule has 0 fully saturated rings. The van der Waals surface area contributed by atoms with Crippen molar-refractivity contribution in [3.8, 4) is 0 Å². The molecule has 1 atom stereocenters. The number of carbonyl (C=O) groups excluding carboxylic acids is 3. The minimum Gasteiger partial charge on any atom is -0.462 e. The Morgan fingerprint density at radius 2 is 0.527 bits per heavy atom. The van der Waals surface area contributed by atoms with Gasteiger partial charge in [-0.2, -0.15) is 0 Å². The Kier molecular flexibility index (Phi) is 59.3. The Labute approximate surface area is 458 Å². The fourth-order valence-electron chi connectivity index (χ4n) is 8.87. The third-order valence-corrected chi connectivity index (χ3v) is 13.6. The van der Waals surface area contributed by atoms with Crippen LogP contribution in [-0.2, 0) is 28.6 Å². The summed E-state index contributed by atoms with van der Waals surface area (Å²) in [4.78, 5) is 38.3. The van der Waals surface area contributed by atoms with Crippen molar-refractivity contribution in [1.29, 1.82) is 0 Å². The Bertz CT molecular complexity index is 1420. The summed E-state index contributed by atoms with van der Waals surface area (Å²) in [5, 5.41) is 0. The lowest BCUT2D eigenvalue weighted by molar-refractivity contribution is -0.167. The van der Waals surface area contributed by atoms with Gasteiger partial charge >= 0.3 is 17.9 Å². The lowest BCUT2D eigenvalue weighted by atomic mass is 10.1. The van der Waals surface area contributed by atoms with Crippen LogP contribution in [0, 0.1) is 0 Å². The fourth-order valence-corrected chi connectivity index (χ4v) is 8.87. The average molecular weight is 1030 g/mol. The molecule has 0 radical (unpaired) electrons. The zero-order chi connectivity index (χ0) is 53.6. The van der Waals surface area contributed by atoms with E-state index in [1.807, 2.05) is 0 Å². The highest BCUT2D eigenvalue weighted by molar-refractivity contribution is 5.71. The second kappa shape index (κ2) is 62.1. The summed E-state index contributed by atoms with van der Waals surface area (Å²) in [7, 11) is 0. The quantitative estimate of drug-likeness (QED) is 0.0261. The minimum absolute atomic E-state index is 0.0873. The molecule has 0 rings (SSSR count). The van der Waals surface area contributed by atoms with Crippen LogP contribution in [0.3, 0.4) is 0 Å². The molecule has 0 aliphatic rings. The molecular formula is C68H118O6. The summed E-state index contributed by atoms with van der Waals surface area (Å²) in [5.74, 6) is -0.902. The van der Waals surface area contributed by atoms with Crippen LogP contribution in [-0.4, -0.2) is 37.2 Å². The van der Waals surface area contributed by atoms with Gasteiger partial charge < -0.3 is 14.2 Å². The maximum atomic E-state index is 12.9. The normalized spacial score (nSPS) is 12.6. The van der Waals surface area contributed by atoms with Crippen molar-refractivity contribution in [3.63, 3.8) is 0 Å². The van der Waals surface area contributed by atoms with E-state index in [2.05, 4.69) is 106 Å². The zero-order valence-electron chi connectivity index (χ0n) is 48.8. The molecule has 74 heavy (non-hydrogen) atoms. The molecule has 0 saturated heterocycles. The molecule has 1 unspecified atom stereocenters. The van der Waals surface area contributed by atoms with Crippen LogP contribution in [0.2, 0.25) is 0 Å². The van der Waals surface area contributed by atoms with Crippen LogP contribution in [0.4, 0.5) is 0 Å².